The molecule has 1 saturated heterocycles. The maximum atomic E-state index is 12.9. The fourth-order valence-electron chi connectivity index (χ4n) is 3.36. The van der Waals surface area contributed by atoms with Crippen LogP contribution in [-0.4, -0.2) is 52.0 Å². The van der Waals surface area contributed by atoms with Crippen LogP contribution in [-0.2, 0) is 11.3 Å². The van der Waals surface area contributed by atoms with E-state index >= 15 is 0 Å². The number of nitriles is 1. The molecule has 1 aliphatic rings. The maximum absolute atomic E-state index is 12.9. The Labute approximate surface area is 153 Å². The van der Waals surface area contributed by atoms with Crippen LogP contribution in [0.25, 0.3) is 0 Å². The fourth-order valence-corrected chi connectivity index (χ4v) is 3.36. The van der Waals surface area contributed by atoms with Crippen molar-refractivity contribution in [2.24, 2.45) is 0 Å². The zero-order valence-electron chi connectivity index (χ0n) is 14.7. The summed E-state index contributed by atoms with van der Waals surface area (Å²) in [5.41, 5.74) is 0.742. The van der Waals surface area contributed by atoms with Gasteiger partial charge in [-0.3, -0.25) is 4.90 Å². The number of rotatable bonds is 9. The van der Waals surface area contributed by atoms with Crippen molar-refractivity contribution in [1.82, 2.24) is 4.90 Å². The first-order valence-electron chi connectivity index (χ1n) is 8.83. The van der Waals surface area contributed by atoms with Gasteiger partial charge >= 0.3 is 12.1 Å². The van der Waals surface area contributed by atoms with Crippen molar-refractivity contribution in [3.8, 4) is 6.07 Å². The molecule has 1 N–H and O–H groups in total. The summed E-state index contributed by atoms with van der Waals surface area (Å²) in [6, 6.07) is 9.82. The highest BCUT2D eigenvalue weighted by atomic mass is 16.4. The van der Waals surface area contributed by atoms with Gasteiger partial charge in [-0.1, -0.05) is 43.2 Å². The molecule has 2 rings (SSSR count). The first-order chi connectivity index (χ1) is 12.5. The number of hydrogen-bond acceptors (Lipinski definition) is 4. The number of amides is 3. The molecule has 0 bridgehead atoms. The van der Waals surface area contributed by atoms with E-state index in [9.17, 15) is 19.5 Å². The van der Waals surface area contributed by atoms with E-state index in [2.05, 4.69) is 6.07 Å². The number of quaternary nitrogens is 1. The first-order valence-corrected chi connectivity index (χ1v) is 8.83. The lowest BCUT2D eigenvalue weighted by atomic mass is 10.1. The normalized spacial score (nSPS) is 22.2. The average Bonchev–Trinajstić information content (AvgIpc) is 2.92. The molecule has 1 aliphatic heterocycles. The zero-order chi connectivity index (χ0) is 19.0. The van der Waals surface area contributed by atoms with Gasteiger partial charge in [-0.05, 0) is 12.8 Å². The highest BCUT2D eigenvalue weighted by Gasteiger charge is 2.57. The third-order valence-electron chi connectivity index (χ3n) is 4.77. The van der Waals surface area contributed by atoms with E-state index in [0.29, 0.717) is 25.7 Å². The minimum Gasteiger partial charge on any atom is -0.435 e. The van der Waals surface area contributed by atoms with Crippen molar-refractivity contribution in [1.29, 1.82) is 5.26 Å². The van der Waals surface area contributed by atoms with Crippen molar-refractivity contribution in [3.05, 3.63) is 35.9 Å². The molecule has 1 aromatic rings. The third kappa shape index (κ3) is 4.27. The summed E-state index contributed by atoms with van der Waals surface area (Å²) in [6.07, 6.45) is 3.16. The van der Waals surface area contributed by atoms with Crippen molar-refractivity contribution in [3.63, 3.8) is 0 Å². The molecule has 0 aliphatic carbocycles. The van der Waals surface area contributed by atoms with Crippen molar-refractivity contribution in [2.45, 2.75) is 44.7 Å². The number of carbonyl (C=O) groups is 3. The Balaban J connectivity index is 2.08. The van der Waals surface area contributed by atoms with Crippen LogP contribution in [0.2, 0.25) is 0 Å². The summed E-state index contributed by atoms with van der Waals surface area (Å²) in [4.78, 5) is 37.8. The Bertz CT molecular complexity index is 686. The van der Waals surface area contributed by atoms with Gasteiger partial charge in [0, 0.05) is 18.5 Å². The van der Waals surface area contributed by atoms with Crippen LogP contribution in [0.3, 0.4) is 0 Å². The Hall–Kier alpha value is -2.72. The van der Waals surface area contributed by atoms with E-state index in [1.54, 1.807) is 24.3 Å². The van der Waals surface area contributed by atoms with E-state index in [1.807, 2.05) is 6.07 Å². The number of hydrogen-bond donors (Lipinski definition) is 1. The van der Waals surface area contributed by atoms with Gasteiger partial charge in [-0.2, -0.15) is 10.1 Å². The van der Waals surface area contributed by atoms with E-state index in [4.69, 9.17) is 5.26 Å². The van der Waals surface area contributed by atoms with Gasteiger partial charge in [-0.25, -0.2) is 4.79 Å². The molecule has 1 unspecified atom stereocenters. The Morgan fingerprint density at radius 1 is 1.27 bits per heavy atom. The Morgan fingerprint density at radius 2 is 1.96 bits per heavy atom. The largest absolute Gasteiger partial charge is 0.523 e. The first kappa shape index (κ1) is 19.6. The highest BCUT2D eigenvalue weighted by molar-refractivity contribution is 5.84. The Morgan fingerprint density at radius 3 is 2.58 bits per heavy atom. The lowest BCUT2D eigenvalue weighted by Gasteiger charge is -2.24. The van der Waals surface area contributed by atoms with E-state index in [0.717, 1.165) is 24.8 Å². The number of carboxylic acid groups (broad SMARTS) is 1. The number of urea groups is 1. The molecule has 0 aromatic heterocycles. The standard InChI is InChI=1S/C19H23N3O4/c20-11-7-2-1-3-8-12-21-17(15-23)14-22(18(21)24,19(25)26)13-16-9-5-4-6-10-16/h4-6,9-10,15,17H,1-3,7-8,12-14H2/p+1/t17-,22?/m1/s1. The minimum absolute atomic E-state index is 0.0258. The topological polar surface area (TPSA) is 98.5 Å². The smallest absolute Gasteiger partial charge is 0.435 e. The molecule has 0 saturated carbocycles. The minimum atomic E-state index is -1.23. The SMILES string of the molecule is N#CCCCCCCN1C(=O)[N+](Cc2ccccc2)(C(=O)O)C[C@@H]1C=O. The predicted molar refractivity (Wildman–Crippen MR) is 94.0 cm³/mol. The van der Waals surface area contributed by atoms with Gasteiger partial charge in [0.05, 0.1) is 6.07 Å². The average molecular weight is 358 g/mol. The summed E-state index contributed by atoms with van der Waals surface area (Å²) in [5.74, 6) is 0. The molecular formula is C19H24N3O4+. The molecule has 7 nitrogen and oxygen atoms in total. The maximum Gasteiger partial charge on any atom is 0.523 e. The van der Waals surface area contributed by atoms with Crippen LogP contribution < -0.4 is 0 Å². The molecule has 2 atom stereocenters. The van der Waals surface area contributed by atoms with Gasteiger partial charge in [0.15, 0.2) is 0 Å². The van der Waals surface area contributed by atoms with E-state index < -0.39 is 22.6 Å². The van der Waals surface area contributed by atoms with Crippen LogP contribution >= 0.6 is 0 Å². The highest BCUT2D eigenvalue weighted by Crippen LogP contribution is 2.28. The van der Waals surface area contributed by atoms with Gasteiger partial charge in [0.1, 0.15) is 25.4 Å². The second-order valence-corrected chi connectivity index (χ2v) is 6.58. The van der Waals surface area contributed by atoms with Crippen molar-refractivity contribution in [2.75, 3.05) is 13.1 Å². The number of nitrogens with zero attached hydrogens (tertiary/aromatic N) is 3. The van der Waals surface area contributed by atoms with Gasteiger partial charge in [0.25, 0.3) is 0 Å². The summed E-state index contributed by atoms with van der Waals surface area (Å²) in [6.45, 7) is 0.329. The Kier molecular flexibility index (Phi) is 6.87. The molecule has 1 fully saturated rings. The van der Waals surface area contributed by atoms with Crippen LogP contribution in [0, 0.1) is 11.3 Å². The molecule has 1 heterocycles. The lowest BCUT2D eigenvalue weighted by Crippen LogP contribution is -2.54. The van der Waals surface area contributed by atoms with Gasteiger partial charge in [-0.15, -0.1) is 4.48 Å². The van der Waals surface area contributed by atoms with E-state index in [1.165, 1.54) is 4.90 Å². The molecule has 138 valence electrons. The predicted octanol–water partition coefficient (Wildman–Crippen LogP) is 3.16. The fraction of sp³-hybridized carbons (Fsp3) is 0.474. The molecule has 0 spiro atoms. The monoisotopic (exact) mass is 358 g/mol. The van der Waals surface area contributed by atoms with Crippen molar-refractivity contribution >= 4 is 18.4 Å². The summed E-state index contributed by atoms with van der Waals surface area (Å²) in [5, 5.41) is 18.3. The second kappa shape index (κ2) is 9.11. The molecule has 26 heavy (non-hydrogen) atoms. The number of benzene rings is 1. The number of imide groups is 1. The van der Waals surface area contributed by atoms with E-state index in [-0.39, 0.29) is 13.1 Å². The summed E-state index contributed by atoms with van der Waals surface area (Å²) < 4.78 is -0.776. The van der Waals surface area contributed by atoms with Crippen LogP contribution in [0.5, 0.6) is 0 Å². The zero-order valence-corrected chi connectivity index (χ0v) is 14.7. The molecular weight excluding hydrogens is 334 g/mol. The van der Waals surface area contributed by atoms with Gasteiger partial charge < -0.3 is 9.90 Å². The molecule has 7 heteroatoms. The summed E-state index contributed by atoms with van der Waals surface area (Å²) >= 11 is 0. The number of carbonyl (C=O) groups excluding carboxylic acids is 2. The molecule has 1 aromatic carbocycles. The molecule has 3 amide bonds. The quantitative estimate of drug-likeness (QED) is 0.415. The number of unbranched alkanes of at least 4 members (excludes halogenated alkanes) is 4. The van der Waals surface area contributed by atoms with Crippen LogP contribution in [0.1, 0.15) is 37.7 Å². The van der Waals surface area contributed by atoms with Gasteiger partial charge in [0.2, 0.25) is 0 Å². The van der Waals surface area contributed by atoms with Crippen LogP contribution in [0.15, 0.2) is 30.3 Å². The van der Waals surface area contributed by atoms with Crippen LogP contribution in [0.4, 0.5) is 9.59 Å². The number of aldehydes is 1. The van der Waals surface area contributed by atoms with Crippen molar-refractivity contribution < 1.29 is 24.0 Å². The molecule has 0 radical (unpaired) electrons. The summed E-state index contributed by atoms with van der Waals surface area (Å²) in [7, 11) is 0. The second-order valence-electron chi connectivity index (χ2n) is 6.58. The lowest BCUT2D eigenvalue weighted by molar-refractivity contribution is -0.782. The third-order valence-corrected chi connectivity index (χ3v) is 4.77.